The SMILES string of the molecule is CCOP(=O)(Cc1nc2nc(SC(C)c3ncccc3F)nc(NC(CO)CC(C)C)c2s1)OCC. The van der Waals surface area contributed by atoms with Gasteiger partial charge in [0.15, 0.2) is 16.6 Å². The van der Waals surface area contributed by atoms with E-state index < -0.39 is 13.4 Å². The van der Waals surface area contributed by atoms with Gasteiger partial charge in [0.25, 0.3) is 0 Å². The van der Waals surface area contributed by atoms with Crippen LogP contribution >= 0.6 is 30.7 Å². The second-order valence-corrected chi connectivity index (χ2v) is 12.9. The number of aliphatic hydroxyl groups excluding tert-OH is 1. The lowest BCUT2D eigenvalue weighted by atomic mass is 10.0. The van der Waals surface area contributed by atoms with Gasteiger partial charge in [0.2, 0.25) is 0 Å². The molecule has 3 heterocycles. The van der Waals surface area contributed by atoms with Crippen molar-refractivity contribution in [3.63, 3.8) is 0 Å². The lowest BCUT2D eigenvalue weighted by molar-refractivity contribution is 0.219. The molecule has 0 bridgehead atoms. The van der Waals surface area contributed by atoms with E-state index in [-0.39, 0.29) is 37.3 Å². The summed E-state index contributed by atoms with van der Waals surface area (Å²) >= 11 is 2.57. The topological polar surface area (TPSA) is 119 Å². The molecule has 0 amide bonds. The summed E-state index contributed by atoms with van der Waals surface area (Å²) in [6.07, 6.45) is 2.30. The number of aliphatic hydroxyl groups is 1. The van der Waals surface area contributed by atoms with Crippen molar-refractivity contribution >= 4 is 46.9 Å². The molecule has 3 rings (SSSR count). The number of anilines is 1. The van der Waals surface area contributed by atoms with Crippen molar-refractivity contribution in [1.82, 2.24) is 19.9 Å². The van der Waals surface area contributed by atoms with Gasteiger partial charge in [-0.25, -0.2) is 19.3 Å². The molecule has 36 heavy (non-hydrogen) atoms. The Hall–Kier alpha value is -1.69. The molecule has 0 aliphatic heterocycles. The highest BCUT2D eigenvalue weighted by Gasteiger charge is 2.28. The molecule has 0 saturated carbocycles. The molecule has 198 valence electrons. The third-order valence-electron chi connectivity index (χ3n) is 5.03. The lowest BCUT2D eigenvalue weighted by Gasteiger charge is -2.19. The monoisotopic (exact) mass is 557 g/mol. The van der Waals surface area contributed by atoms with Crippen LogP contribution in [0.2, 0.25) is 0 Å². The first-order valence-corrected chi connectivity index (χ1v) is 15.3. The van der Waals surface area contributed by atoms with Gasteiger partial charge in [-0.05, 0) is 45.2 Å². The molecule has 0 radical (unpaired) electrons. The molecule has 9 nitrogen and oxygen atoms in total. The van der Waals surface area contributed by atoms with Crippen molar-refractivity contribution in [2.75, 3.05) is 25.1 Å². The maximum atomic E-state index is 14.3. The fourth-order valence-electron chi connectivity index (χ4n) is 3.61. The molecule has 13 heteroatoms. The lowest BCUT2D eigenvalue weighted by Crippen LogP contribution is -2.26. The summed E-state index contributed by atoms with van der Waals surface area (Å²) in [5, 5.41) is 13.8. The molecular weight excluding hydrogens is 524 g/mol. The smallest absolute Gasteiger partial charge is 0.337 e. The molecule has 0 fully saturated rings. The molecule has 3 aromatic heterocycles. The summed E-state index contributed by atoms with van der Waals surface area (Å²) in [4.78, 5) is 18.1. The fourth-order valence-corrected chi connectivity index (χ4v) is 7.42. The van der Waals surface area contributed by atoms with Crippen molar-refractivity contribution in [2.24, 2.45) is 5.92 Å². The summed E-state index contributed by atoms with van der Waals surface area (Å²) in [5.41, 5.74) is 0.728. The van der Waals surface area contributed by atoms with Crippen LogP contribution in [0.5, 0.6) is 0 Å². The summed E-state index contributed by atoms with van der Waals surface area (Å²) in [6, 6.07) is 2.69. The maximum absolute atomic E-state index is 14.3. The summed E-state index contributed by atoms with van der Waals surface area (Å²) < 4.78 is 38.9. The zero-order valence-electron chi connectivity index (χ0n) is 21.1. The van der Waals surface area contributed by atoms with E-state index in [2.05, 4.69) is 34.1 Å². The van der Waals surface area contributed by atoms with Crippen molar-refractivity contribution in [2.45, 2.75) is 63.6 Å². The number of rotatable bonds is 14. The van der Waals surface area contributed by atoms with E-state index in [0.29, 0.717) is 37.9 Å². The van der Waals surface area contributed by atoms with Crippen molar-refractivity contribution < 1.29 is 23.1 Å². The molecule has 2 atom stereocenters. The van der Waals surface area contributed by atoms with Crippen LogP contribution in [0.15, 0.2) is 23.5 Å². The number of pyridine rings is 1. The van der Waals surface area contributed by atoms with Crippen LogP contribution in [0.1, 0.15) is 57.0 Å². The highest BCUT2D eigenvalue weighted by atomic mass is 32.2. The van der Waals surface area contributed by atoms with E-state index in [1.807, 2.05) is 6.92 Å². The molecule has 3 aromatic rings. The zero-order chi connectivity index (χ0) is 26.3. The van der Waals surface area contributed by atoms with Crippen LogP contribution in [0, 0.1) is 11.7 Å². The van der Waals surface area contributed by atoms with Crippen molar-refractivity contribution in [3.8, 4) is 0 Å². The summed E-state index contributed by atoms with van der Waals surface area (Å²) in [5.74, 6) is 0.475. The Morgan fingerprint density at radius 1 is 1.19 bits per heavy atom. The number of thioether (sulfide) groups is 1. The number of aromatic nitrogens is 4. The van der Waals surface area contributed by atoms with Crippen LogP contribution in [-0.4, -0.2) is 50.9 Å². The quantitative estimate of drug-likeness (QED) is 0.137. The Morgan fingerprint density at radius 2 is 1.92 bits per heavy atom. The Balaban J connectivity index is 2.00. The van der Waals surface area contributed by atoms with E-state index in [1.54, 1.807) is 26.1 Å². The Kier molecular flexibility index (Phi) is 10.6. The van der Waals surface area contributed by atoms with E-state index in [0.717, 1.165) is 6.42 Å². The molecule has 2 unspecified atom stereocenters. The minimum atomic E-state index is -3.36. The standard InChI is InChI=1S/C23H33FN5O4PS2/c1-6-32-34(31,33-7-2)13-18-27-22-20(36-18)21(26-16(12-30)11-14(3)4)28-23(29-22)35-15(5)19-17(24)9-8-10-25-19/h8-10,14-16,30H,6-7,11-13H2,1-5H3,(H,26,28,29). The molecule has 0 spiro atoms. The van der Waals surface area contributed by atoms with Crippen LogP contribution in [0.4, 0.5) is 10.2 Å². The van der Waals surface area contributed by atoms with Gasteiger partial charge >= 0.3 is 7.60 Å². The van der Waals surface area contributed by atoms with Crippen LogP contribution in [-0.2, 0) is 19.8 Å². The predicted molar refractivity (Wildman–Crippen MR) is 142 cm³/mol. The van der Waals surface area contributed by atoms with E-state index in [4.69, 9.17) is 14.0 Å². The van der Waals surface area contributed by atoms with E-state index in [9.17, 15) is 14.1 Å². The van der Waals surface area contributed by atoms with E-state index >= 15 is 0 Å². The first-order chi connectivity index (χ1) is 17.2. The highest BCUT2D eigenvalue weighted by Crippen LogP contribution is 2.52. The van der Waals surface area contributed by atoms with Gasteiger partial charge in [0, 0.05) is 6.20 Å². The van der Waals surface area contributed by atoms with Crippen LogP contribution in [0.3, 0.4) is 0 Å². The Morgan fingerprint density at radius 3 is 2.53 bits per heavy atom. The summed E-state index contributed by atoms with van der Waals surface area (Å²) in [7, 11) is -3.36. The number of nitrogens with one attached hydrogen (secondary N) is 1. The first-order valence-electron chi connectivity index (χ1n) is 11.9. The van der Waals surface area contributed by atoms with Gasteiger partial charge in [0.1, 0.15) is 21.7 Å². The number of halogens is 1. The number of fused-ring (bicyclic) bond motifs is 1. The Labute approximate surface area is 219 Å². The highest BCUT2D eigenvalue weighted by molar-refractivity contribution is 7.99. The molecular formula is C23H33FN5O4PS2. The minimum Gasteiger partial charge on any atom is -0.394 e. The number of nitrogens with zero attached hydrogens (tertiary/aromatic N) is 4. The molecule has 0 aliphatic carbocycles. The third kappa shape index (κ3) is 7.66. The van der Waals surface area contributed by atoms with Gasteiger partial charge in [0.05, 0.1) is 36.8 Å². The largest absolute Gasteiger partial charge is 0.394 e. The first kappa shape index (κ1) is 28.9. The number of hydrogen-bond donors (Lipinski definition) is 2. The number of thiazole rings is 1. The summed E-state index contributed by atoms with van der Waals surface area (Å²) in [6.45, 7) is 9.95. The minimum absolute atomic E-state index is 0.0165. The molecule has 0 aromatic carbocycles. The zero-order valence-corrected chi connectivity index (χ0v) is 23.6. The third-order valence-corrected chi connectivity index (χ3v) is 9.25. The molecule has 0 saturated heterocycles. The van der Waals surface area contributed by atoms with Crippen LogP contribution in [0.25, 0.3) is 10.3 Å². The van der Waals surface area contributed by atoms with Gasteiger partial charge in [-0.3, -0.25) is 9.55 Å². The fraction of sp³-hybridized carbons (Fsp3) is 0.565. The van der Waals surface area contributed by atoms with Crippen molar-refractivity contribution in [1.29, 1.82) is 0 Å². The predicted octanol–water partition coefficient (Wildman–Crippen LogP) is 6.06. The van der Waals surface area contributed by atoms with Gasteiger partial charge in [-0.1, -0.05) is 25.6 Å². The normalized spacial score (nSPS) is 13.9. The van der Waals surface area contributed by atoms with Crippen molar-refractivity contribution in [3.05, 3.63) is 34.8 Å². The molecule has 0 aliphatic rings. The van der Waals surface area contributed by atoms with Gasteiger partial charge < -0.3 is 19.5 Å². The Bertz CT molecular complexity index is 1190. The average molecular weight is 558 g/mol. The molecule has 2 N–H and O–H groups in total. The second-order valence-electron chi connectivity index (χ2n) is 8.50. The second kappa shape index (κ2) is 13.2. The van der Waals surface area contributed by atoms with Crippen LogP contribution < -0.4 is 5.32 Å². The average Bonchev–Trinajstić information content (AvgIpc) is 3.20. The van der Waals surface area contributed by atoms with Gasteiger partial charge in [-0.15, -0.1) is 11.3 Å². The van der Waals surface area contributed by atoms with Gasteiger partial charge in [-0.2, -0.15) is 0 Å². The maximum Gasteiger partial charge on any atom is 0.337 e. The van der Waals surface area contributed by atoms with E-state index in [1.165, 1.54) is 29.2 Å². The number of hydrogen-bond acceptors (Lipinski definition) is 11.